The number of hydrogen-bond donors (Lipinski definition) is 2. The van der Waals surface area contributed by atoms with E-state index in [2.05, 4.69) is 25.6 Å². The largest absolute Gasteiger partial charge is 0.350 e. The zero-order valence-corrected chi connectivity index (χ0v) is 14.2. The molecule has 6 nitrogen and oxygen atoms in total. The maximum Gasteiger partial charge on any atom is 0.274 e. The third kappa shape index (κ3) is 4.60. The molecule has 2 heterocycles. The Morgan fingerprint density at radius 3 is 2.72 bits per heavy atom. The lowest BCUT2D eigenvalue weighted by Crippen LogP contribution is -2.16. The first-order valence-corrected chi connectivity index (χ1v) is 7.96. The van der Waals surface area contributed by atoms with Crippen LogP contribution in [0.4, 0.5) is 11.6 Å². The number of aromatic nitrogens is 3. The van der Waals surface area contributed by atoms with Gasteiger partial charge in [0, 0.05) is 30.3 Å². The quantitative estimate of drug-likeness (QED) is 0.748. The third-order valence-corrected chi connectivity index (χ3v) is 3.54. The fourth-order valence-corrected chi connectivity index (χ4v) is 2.37. The highest BCUT2D eigenvalue weighted by molar-refractivity contribution is 6.03. The molecule has 126 valence electrons. The van der Waals surface area contributed by atoms with Crippen LogP contribution in [-0.2, 0) is 6.54 Å². The van der Waals surface area contributed by atoms with E-state index in [9.17, 15) is 4.79 Å². The monoisotopic (exact) mass is 333 g/mol. The molecule has 0 bridgehead atoms. The summed E-state index contributed by atoms with van der Waals surface area (Å²) in [5, 5.41) is 5.99. The summed E-state index contributed by atoms with van der Waals surface area (Å²) in [5.41, 5.74) is 3.88. The van der Waals surface area contributed by atoms with Crippen molar-refractivity contribution in [3.8, 4) is 0 Å². The Bertz CT molecular complexity index is 880. The van der Waals surface area contributed by atoms with Gasteiger partial charge in [0.25, 0.3) is 5.91 Å². The van der Waals surface area contributed by atoms with E-state index in [1.807, 2.05) is 50.2 Å². The molecule has 3 rings (SSSR count). The second kappa shape index (κ2) is 7.53. The Hall–Kier alpha value is -3.28. The van der Waals surface area contributed by atoms with Gasteiger partial charge in [0.05, 0.1) is 0 Å². The molecule has 0 fully saturated rings. The molecule has 0 unspecified atom stereocenters. The number of rotatable bonds is 5. The van der Waals surface area contributed by atoms with Gasteiger partial charge in [-0.3, -0.25) is 9.78 Å². The number of nitrogens with one attached hydrogen (secondary N) is 2. The van der Waals surface area contributed by atoms with Crippen LogP contribution >= 0.6 is 0 Å². The van der Waals surface area contributed by atoms with E-state index in [1.54, 1.807) is 18.5 Å². The highest BCUT2D eigenvalue weighted by atomic mass is 16.1. The van der Waals surface area contributed by atoms with Crippen LogP contribution in [0.3, 0.4) is 0 Å². The fourth-order valence-electron chi connectivity index (χ4n) is 2.37. The second-order valence-electron chi connectivity index (χ2n) is 5.76. The molecule has 0 aliphatic heterocycles. The van der Waals surface area contributed by atoms with Crippen LogP contribution in [0.15, 0.2) is 54.9 Å². The van der Waals surface area contributed by atoms with Crippen molar-refractivity contribution in [1.29, 1.82) is 0 Å². The molecule has 2 aromatic heterocycles. The van der Waals surface area contributed by atoms with Crippen LogP contribution in [0.2, 0.25) is 0 Å². The summed E-state index contributed by atoms with van der Waals surface area (Å²) < 4.78 is 0. The maximum atomic E-state index is 12.5. The summed E-state index contributed by atoms with van der Waals surface area (Å²) in [6, 6.07) is 13.1. The van der Waals surface area contributed by atoms with E-state index in [0.29, 0.717) is 18.2 Å². The summed E-state index contributed by atoms with van der Waals surface area (Å²) in [6.45, 7) is 4.35. The van der Waals surface area contributed by atoms with Crippen LogP contribution in [-0.4, -0.2) is 20.9 Å². The van der Waals surface area contributed by atoms with Gasteiger partial charge in [0.15, 0.2) is 0 Å². The van der Waals surface area contributed by atoms with E-state index < -0.39 is 0 Å². The van der Waals surface area contributed by atoms with E-state index in [0.717, 1.165) is 22.5 Å². The molecule has 3 aromatic rings. The zero-order valence-electron chi connectivity index (χ0n) is 14.2. The molecule has 6 heteroatoms. The van der Waals surface area contributed by atoms with Crippen LogP contribution in [0.25, 0.3) is 0 Å². The van der Waals surface area contributed by atoms with Gasteiger partial charge in [-0.05, 0) is 49.2 Å². The molecule has 1 amide bonds. The number of hydrogen-bond acceptors (Lipinski definition) is 5. The fraction of sp³-hybridized carbons (Fsp3) is 0.158. The molecule has 2 N–H and O–H groups in total. The Labute approximate surface area is 146 Å². The Balaban J connectivity index is 1.73. The van der Waals surface area contributed by atoms with E-state index in [-0.39, 0.29) is 5.91 Å². The average Bonchev–Trinajstić information content (AvgIpc) is 2.60. The number of carbonyl (C=O) groups is 1. The first kappa shape index (κ1) is 16.6. The molecule has 0 spiro atoms. The molecule has 1 aromatic carbocycles. The van der Waals surface area contributed by atoms with Gasteiger partial charge in [0.1, 0.15) is 5.69 Å². The van der Waals surface area contributed by atoms with Gasteiger partial charge in [-0.1, -0.05) is 18.2 Å². The second-order valence-corrected chi connectivity index (χ2v) is 5.76. The normalized spacial score (nSPS) is 10.3. The Kier molecular flexibility index (Phi) is 4.99. The van der Waals surface area contributed by atoms with Crippen molar-refractivity contribution in [3.63, 3.8) is 0 Å². The number of benzene rings is 1. The minimum absolute atomic E-state index is 0.263. The van der Waals surface area contributed by atoms with Crippen LogP contribution in [0.5, 0.6) is 0 Å². The van der Waals surface area contributed by atoms with E-state index >= 15 is 0 Å². The minimum atomic E-state index is -0.263. The zero-order chi connectivity index (χ0) is 17.6. The first-order chi connectivity index (χ1) is 12.1. The number of aryl methyl sites for hydroxylation is 2. The average molecular weight is 333 g/mol. The summed E-state index contributed by atoms with van der Waals surface area (Å²) in [5.74, 6) is 0.152. The molecule has 0 atom stereocenters. The van der Waals surface area contributed by atoms with Crippen LogP contribution < -0.4 is 10.6 Å². The lowest BCUT2D eigenvalue weighted by Gasteiger charge is -2.09. The number of nitrogens with zero attached hydrogens (tertiary/aromatic N) is 3. The molecule has 0 saturated heterocycles. The summed E-state index contributed by atoms with van der Waals surface area (Å²) in [6.07, 6.45) is 3.49. The van der Waals surface area contributed by atoms with Gasteiger partial charge < -0.3 is 10.6 Å². The van der Waals surface area contributed by atoms with Crippen molar-refractivity contribution in [3.05, 3.63) is 77.4 Å². The number of anilines is 2. The van der Waals surface area contributed by atoms with E-state index in [1.165, 1.54) is 0 Å². The van der Waals surface area contributed by atoms with Crippen molar-refractivity contribution in [2.45, 2.75) is 20.4 Å². The predicted octanol–water partition coefficient (Wildman–Crippen LogP) is 3.35. The van der Waals surface area contributed by atoms with Crippen LogP contribution in [0, 0.1) is 13.8 Å². The van der Waals surface area contributed by atoms with Gasteiger partial charge in [0.2, 0.25) is 5.95 Å². The van der Waals surface area contributed by atoms with Gasteiger partial charge in [-0.15, -0.1) is 0 Å². The lowest BCUT2D eigenvalue weighted by molar-refractivity contribution is 0.102. The van der Waals surface area contributed by atoms with Crippen molar-refractivity contribution in [1.82, 2.24) is 15.0 Å². The summed E-state index contributed by atoms with van der Waals surface area (Å²) in [7, 11) is 0. The molecule has 0 aliphatic carbocycles. The lowest BCUT2D eigenvalue weighted by atomic mass is 10.2. The van der Waals surface area contributed by atoms with Crippen molar-refractivity contribution >= 4 is 17.5 Å². The highest BCUT2D eigenvalue weighted by Gasteiger charge is 2.11. The van der Waals surface area contributed by atoms with Gasteiger partial charge >= 0.3 is 0 Å². The van der Waals surface area contributed by atoms with Crippen molar-refractivity contribution < 1.29 is 4.79 Å². The molecule has 0 radical (unpaired) electrons. The predicted molar refractivity (Wildman–Crippen MR) is 97.5 cm³/mol. The topological polar surface area (TPSA) is 79.8 Å². The van der Waals surface area contributed by atoms with Gasteiger partial charge in [-0.25, -0.2) is 9.97 Å². The first-order valence-electron chi connectivity index (χ1n) is 7.96. The van der Waals surface area contributed by atoms with Crippen LogP contribution in [0.1, 0.15) is 27.3 Å². The SMILES string of the molecule is Cc1cccc(NC(=O)c2cc(C)nc(NCc3cccnc3)n2)c1. The Morgan fingerprint density at radius 1 is 1.08 bits per heavy atom. The molecule has 25 heavy (non-hydrogen) atoms. The Morgan fingerprint density at radius 2 is 1.96 bits per heavy atom. The highest BCUT2D eigenvalue weighted by Crippen LogP contribution is 2.12. The number of carbonyl (C=O) groups excluding carboxylic acids is 1. The number of amides is 1. The van der Waals surface area contributed by atoms with Crippen molar-refractivity contribution in [2.24, 2.45) is 0 Å². The molecular formula is C19H19N5O. The van der Waals surface area contributed by atoms with Gasteiger partial charge in [-0.2, -0.15) is 0 Å². The third-order valence-electron chi connectivity index (χ3n) is 3.54. The molecule has 0 saturated carbocycles. The standard InChI is InChI=1S/C19H19N5O/c1-13-5-3-7-16(9-13)23-18(25)17-10-14(2)22-19(24-17)21-12-15-6-4-8-20-11-15/h3-11H,12H2,1-2H3,(H,23,25)(H,21,22,24). The smallest absolute Gasteiger partial charge is 0.274 e. The maximum absolute atomic E-state index is 12.5. The summed E-state index contributed by atoms with van der Waals surface area (Å²) >= 11 is 0. The molecule has 0 aliphatic rings. The molecular weight excluding hydrogens is 314 g/mol. The minimum Gasteiger partial charge on any atom is -0.350 e. The van der Waals surface area contributed by atoms with Crippen molar-refractivity contribution in [2.75, 3.05) is 10.6 Å². The summed E-state index contributed by atoms with van der Waals surface area (Å²) in [4.78, 5) is 25.2. The number of pyridine rings is 1. The van der Waals surface area contributed by atoms with E-state index in [4.69, 9.17) is 0 Å².